The summed E-state index contributed by atoms with van der Waals surface area (Å²) in [7, 11) is -9.47. The van der Waals surface area contributed by atoms with Crippen LogP contribution in [0.5, 0.6) is 11.5 Å². The Labute approximate surface area is 389 Å². The predicted octanol–water partition coefficient (Wildman–Crippen LogP) is 15.2. The molecule has 0 fully saturated rings. The standard InChI is InChI=1S/C48H38N10O8S2/c1-27-20-35(12-18-40(27)53-51-34-13-19-41(28(2)21-34)54-58-45-26-39-31(25-47(45)68(64,65)66)6-5-7-46(39)67(61,62)63)52-56-43-22-30(4)44(23-29(43)3)57-55-42-17-8-32-24-36(11-16-38(32)48(42)60)50-49-33-9-14-37(59)15-10-33/h5-26,59-60H,1-4H3,(H,61,62,63)(H,64,65,66). The molecule has 0 aliphatic heterocycles. The van der Waals surface area contributed by atoms with E-state index < -0.39 is 30.0 Å². The zero-order chi connectivity index (χ0) is 48.3. The van der Waals surface area contributed by atoms with Crippen molar-refractivity contribution in [2.45, 2.75) is 37.5 Å². The number of aromatic hydroxyl groups is 2. The number of nitrogens with zero attached hydrogens (tertiary/aromatic N) is 10. The highest BCUT2D eigenvalue weighted by atomic mass is 32.2. The van der Waals surface area contributed by atoms with Crippen molar-refractivity contribution in [2.75, 3.05) is 0 Å². The number of fused-ring (bicyclic) bond motifs is 2. The van der Waals surface area contributed by atoms with E-state index in [4.69, 9.17) is 0 Å². The average molecular weight is 947 g/mol. The van der Waals surface area contributed by atoms with Gasteiger partial charge in [-0.25, -0.2) is 0 Å². The van der Waals surface area contributed by atoms with Crippen molar-refractivity contribution in [3.05, 3.63) is 156 Å². The molecule has 0 spiro atoms. The Morgan fingerprint density at radius 1 is 0.353 bits per heavy atom. The van der Waals surface area contributed by atoms with Gasteiger partial charge in [0.15, 0.2) is 5.75 Å². The lowest BCUT2D eigenvalue weighted by Crippen LogP contribution is -2.01. The normalized spacial score (nSPS) is 12.6. The molecule has 8 rings (SSSR count). The number of aryl methyl sites for hydroxylation is 4. The molecular formula is C48H38N10O8S2. The van der Waals surface area contributed by atoms with E-state index in [2.05, 4.69) is 51.1 Å². The quantitative estimate of drug-likeness (QED) is 0.0673. The molecule has 20 heteroatoms. The molecule has 0 bridgehead atoms. The number of phenolic OH excluding ortho intramolecular Hbond substituents is 2. The average Bonchev–Trinajstić information content (AvgIpc) is 3.29. The van der Waals surface area contributed by atoms with Crippen LogP contribution in [0.15, 0.2) is 194 Å². The maximum Gasteiger partial charge on any atom is 0.296 e. The molecule has 0 heterocycles. The SMILES string of the molecule is Cc1cc(N=Nc2cc(C)c(N=Nc3ccc4cc(N=Nc5ccc(O)cc5)ccc4c3O)cc2C)ccc1N=Nc1ccc(N=Nc2cc3c(S(=O)(=O)O)cccc3cc2S(=O)(=O)O)c(C)c1. The predicted molar refractivity (Wildman–Crippen MR) is 256 cm³/mol. The smallest absolute Gasteiger partial charge is 0.296 e. The van der Waals surface area contributed by atoms with E-state index in [9.17, 15) is 36.2 Å². The van der Waals surface area contributed by atoms with Crippen LogP contribution in [0.2, 0.25) is 0 Å². The number of benzene rings is 8. The van der Waals surface area contributed by atoms with Gasteiger partial charge in [0.2, 0.25) is 0 Å². The second-order valence-corrected chi connectivity index (χ2v) is 18.2. The topological polar surface area (TPSA) is 273 Å². The highest BCUT2D eigenvalue weighted by molar-refractivity contribution is 7.86. The summed E-state index contributed by atoms with van der Waals surface area (Å²) >= 11 is 0. The van der Waals surface area contributed by atoms with Gasteiger partial charge in [0.05, 0.1) is 45.5 Å². The maximum atomic E-state index is 12.2. The van der Waals surface area contributed by atoms with Crippen molar-refractivity contribution in [1.82, 2.24) is 0 Å². The van der Waals surface area contributed by atoms with E-state index in [0.29, 0.717) is 62.1 Å². The van der Waals surface area contributed by atoms with Crippen molar-refractivity contribution >= 4 is 98.7 Å². The minimum atomic E-state index is -4.80. The highest BCUT2D eigenvalue weighted by Crippen LogP contribution is 2.40. The summed E-state index contributed by atoms with van der Waals surface area (Å²) in [4.78, 5) is -1.06. The Bertz CT molecular complexity index is 3710. The van der Waals surface area contributed by atoms with Crippen molar-refractivity contribution in [3.8, 4) is 11.5 Å². The van der Waals surface area contributed by atoms with Crippen LogP contribution in [-0.4, -0.2) is 36.2 Å². The third kappa shape index (κ3) is 10.5. The lowest BCUT2D eigenvalue weighted by Gasteiger charge is -2.08. The van der Waals surface area contributed by atoms with Crippen molar-refractivity contribution in [3.63, 3.8) is 0 Å². The van der Waals surface area contributed by atoms with Crippen molar-refractivity contribution in [1.29, 1.82) is 0 Å². The highest BCUT2D eigenvalue weighted by Gasteiger charge is 2.21. The molecule has 0 saturated heterocycles. The fraction of sp³-hybridized carbons (Fsp3) is 0.0833. The van der Waals surface area contributed by atoms with E-state index in [-0.39, 0.29) is 28.0 Å². The van der Waals surface area contributed by atoms with Gasteiger partial charge in [0.1, 0.15) is 26.9 Å². The monoisotopic (exact) mass is 946 g/mol. The van der Waals surface area contributed by atoms with Crippen LogP contribution in [-0.2, 0) is 20.2 Å². The first-order chi connectivity index (χ1) is 32.4. The summed E-state index contributed by atoms with van der Waals surface area (Å²) in [6, 6.07) is 35.2. The molecular weight excluding hydrogens is 909 g/mol. The van der Waals surface area contributed by atoms with Gasteiger partial charge in [-0.3, -0.25) is 9.11 Å². The molecule has 0 aliphatic carbocycles. The summed E-state index contributed by atoms with van der Waals surface area (Å²) < 4.78 is 68.0. The summed E-state index contributed by atoms with van der Waals surface area (Å²) in [6.45, 7) is 7.36. The van der Waals surface area contributed by atoms with Crippen LogP contribution in [0.1, 0.15) is 22.3 Å². The Balaban J connectivity index is 0.927. The molecule has 0 radical (unpaired) electrons. The largest absolute Gasteiger partial charge is 0.508 e. The van der Waals surface area contributed by atoms with E-state index in [1.54, 1.807) is 73.7 Å². The van der Waals surface area contributed by atoms with Gasteiger partial charge in [0.25, 0.3) is 20.2 Å². The number of phenols is 2. The van der Waals surface area contributed by atoms with E-state index >= 15 is 0 Å². The Morgan fingerprint density at radius 3 is 1.40 bits per heavy atom. The Kier molecular flexibility index (Phi) is 12.8. The third-order valence-corrected chi connectivity index (χ3v) is 12.3. The van der Waals surface area contributed by atoms with Gasteiger partial charge in [-0.15, -0.1) is 10.2 Å². The summed E-state index contributed by atoms with van der Waals surface area (Å²) in [6.07, 6.45) is 0. The summed E-state index contributed by atoms with van der Waals surface area (Å²) in [5, 5.41) is 65.1. The van der Waals surface area contributed by atoms with Crippen LogP contribution >= 0.6 is 0 Å². The molecule has 0 aliphatic rings. The molecule has 0 atom stereocenters. The van der Waals surface area contributed by atoms with Crippen LogP contribution in [0.3, 0.4) is 0 Å². The minimum Gasteiger partial charge on any atom is -0.508 e. The second-order valence-electron chi connectivity index (χ2n) is 15.5. The van der Waals surface area contributed by atoms with Gasteiger partial charge in [-0.1, -0.05) is 18.2 Å². The van der Waals surface area contributed by atoms with Gasteiger partial charge in [-0.05, 0) is 176 Å². The molecule has 68 heavy (non-hydrogen) atoms. The minimum absolute atomic E-state index is 0.0146. The molecule has 8 aromatic rings. The van der Waals surface area contributed by atoms with Crippen LogP contribution < -0.4 is 0 Å². The molecule has 18 nitrogen and oxygen atoms in total. The third-order valence-electron chi connectivity index (χ3n) is 10.5. The van der Waals surface area contributed by atoms with Gasteiger partial charge >= 0.3 is 0 Å². The fourth-order valence-corrected chi connectivity index (χ4v) is 8.25. The summed E-state index contributed by atoms with van der Waals surface area (Å²) in [5.41, 5.74) is 7.33. The van der Waals surface area contributed by atoms with E-state index in [0.717, 1.165) is 40.3 Å². The van der Waals surface area contributed by atoms with Gasteiger partial charge < -0.3 is 10.2 Å². The van der Waals surface area contributed by atoms with Crippen molar-refractivity contribution < 1.29 is 36.2 Å². The number of hydrogen-bond acceptors (Lipinski definition) is 16. The molecule has 4 N–H and O–H groups in total. The number of azo groups is 5. The van der Waals surface area contributed by atoms with Gasteiger partial charge in [0, 0.05) is 10.8 Å². The van der Waals surface area contributed by atoms with Crippen LogP contribution in [0.25, 0.3) is 21.5 Å². The lowest BCUT2D eigenvalue weighted by atomic mass is 10.1. The van der Waals surface area contributed by atoms with E-state index in [1.807, 2.05) is 45.0 Å². The molecule has 340 valence electrons. The zero-order valence-electron chi connectivity index (χ0n) is 36.4. The zero-order valence-corrected chi connectivity index (χ0v) is 38.0. The first-order valence-corrected chi connectivity index (χ1v) is 23.3. The number of hydrogen-bond donors (Lipinski definition) is 4. The second kappa shape index (κ2) is 18.9. The molecule has 8 aromatic carbocycles. The van der Waals surface area contributed by atoms with E-state index in [1.165, 1.54) is 24.3 Å². The van der Waals surface area contributed by atoms with Gasteiger partial charge in [-0.2, -0.15) is 57.7 Å². The Morgan fingerprint density at radius 2 is 0.794 bits per heavy atom. The van der Waals surface area contributed by atoms with Crippen LogP contribution in [0.4, 0.5) is 56.9 Å². The van der Waals surface area contributed by atoms with Crippen LogP contribution in [0, 0.1) is 27.7 Å². The fourth-order valence-electron chi connectivity index (χ4n) is 6.91. The summed E-state index contributed by atoms with van der Waals surface area (Å²) in [5.74, 6) is 0.120. The molecule has 0 unspecified atom stereocenters. The first kappa shape index (κ1) is 46.2. The molecule has 0 saturated carbocycles. The Hall–Kier alpha value is -8.30. The number of rotatable bonds is 12. The first-order valence-electron chi connectivity index (χ1n) is 20.4. The lowest BCUT2D eigenvalue weighted by molar-refractivity contribution is 0.475. The molecule has 0 aromatic heterocycles. The van der Waals surface area contributed by atoms with Crippen molar-refractivity contribution in [2.24, 2.45) is 51.1 Å². The molecule has 0 amide bonds. The maximum absolute atomic E-state index is 12.2.